The number of nitrogens with zero attached hydrogens (tertiary/aromatic N) is 2. The second kappa shape index (κ2) is 4.89. The van der Waals surface area contributed by atoms with Gasteiger partial charge in [-0.3, -0.25) is 0 Å². The lowest BCUT2D eigenvalue weighted by atomic mass is 10.2. The molecule has 0 saturated carbocycles. The number of imidazole rings is 1. The molecule has 0 unspecified atom stereocenters. The molecule has 0 aliphatic carbocycles. The van der Waals surface area contributed by atoms with Crippen molar-refractivity contribution in [3.63, 3.8) is 0 Å². The monoisotopic (exact) mass is 267 g/mol. The van der Waals surface area contributed by atoms with E-state index in [1.165, 1.54) is 0 Å². The molecule has 1 aromatic carbocycles. The van der Waals surface area contributed by atoms with Gasteiger partial charge in [0.25, 0.3) is 0 Å². The van der Waals surface area contributed by atoms with Gasteiger partial charge in [0.1, 0.15) is 11.4 Å². The quantitative estimate of drug-likeness (QED) is 0.792. The first-order valence-electron chi connectivity index (χ1n) is 6.65. The van der Waals surface area contributed by atoms with Crippen LogP contribution in [-0.4, -0.2) is 16.0 Å². The summed E-state index contributed by atoms with van der Waals surface area (Å²) in [6.45, 7) is 4.63. The lowest BCUT2D eigenvalue weighted by molar-refractivity contribution is 0.340. The SMILES string of the molecule is CCOc1ccc(-c2cn3cc(N)c(C)cc3n2)cc1. The first-order chi connectivity index (χ1) is 9.67. The van der Waals surface area contributed by atoms with Crippen LogP contribution in [0.5, 0.6) is 5.75 Å². The van der Waals surface area contributed by atoms with Crippen LogP contribution in [0.4, 0.5) is 5.69 Å². The van der Waals surface area contributed by atoms with Crippen LogP contribution in [0.1, 0.15) is 12.5 Å². The summed E-state index contributed by atoms with van der Waals surface area (Å²) in [5.41, 5.74) is 10.6. The van der Waals surface area contributed by atoms with Gasteiger partial charge in [0.15, 0.2) is 0 Å². The molecule has 0 radical (unpaired) electrons. The summed E-state index contributed by atoms with van der Waals surface area (Å²) in [6.07, 6.45) is 3.89. The molecule has 2 aromatic heterocycles. The number of nitrogens with two attached hydrogens (primary N) is 1. The zero-order chi connectivity index (χ0) is 14.1. The minimum Gasteiger partial charge on any atom is -0.494 e. The Balaban J connectivity index is 2.01. The normalized spacial score (nSPS) is 10.9. The standard InChI is InChI=1S/C16H17N3O/c1-3-20-13-6-4-12(5-7-13)15-10-19-9-14(17)11(2)8-16(19)18-15/h4-10H,3,17H2,1-2H3. The number of benzene rings is 1. The summed E-state index contributed by atoms with van der Waals surface area (Å²) in [7, 11) is 0. The number of aromatic nitrogens is 2. The van der Waals surface area contributed by atoms with Crippen molar-refractivity contribution in [3.05, 3.63) is 48.3 Å². The van der Waals surface area contributed by atoms with Crippen molar-refractivity contribution in [2.24, 2.45) is 0 Å². The van der Waals surface area contributed by atoms with Gasteiger partial charge in [-0.25, -0.2) is 4.98 Å². The van der Waals surface area contributed by atoms with Gasteiger partial charge in [-0.15, -0.1) is 0 Å². The van der Waals surface area contributed by atoms with Gasteiger partial charge in [-0.2, -0.15) is 0 Å². The molecule has 20 heavy (non-hydrogen) atoms. The van der Waals surface area contributed by atoms with Crippen molar-refractivity contribution in [3.8, 4) is 17.0 Å². The predicted octanol–water partition coefficient (Wildman–Crippen LogP) is 3.29. The topological polar surface area (TPSA) is 52.5 Å². The van der Waals surface area contributed by atoms with E-state index in [1.54, 1.807) is 0 Å². The third-order valence-corrected chi connectivity index (χ3v) is 3.30. The average Bonchev–Trinajstić information content (AvgIpc) is 2.83. The Labute approximate surface area is 117 Å². The molecule has 0 aliphatic heterocycles. The van der Waals surface area contributed by atoms with E-state index in [9.17, 15) is 0 Å². The summed E-state index contributed by atoms with van der Waals surface area (Å²) in [4.78, 5) is 4.63. The van der Waals surface area contributed by atoms with E-state index in [4.69, 9.17) is 10.5 Å². The molecule has 0 bridgehead atoms. The molecular weight excluding hydrogens is 250 g/mol. The molecule has 4 heteroatoms. The molecule has 0 atom stereocenters. The number of nitrogen functional groups attached to an aromatic ring is 1. The van der Waals surface area contributed by atoms with Crippen LogP contribution in [0.3, 0.4) is 0 Å². The van der Waals surface area contributed by atoms with Crippen LogP contribution in [0.25, 0.3) is 16.9 Å². The van der Waals surface area contributed by atoms with Gasteiger partial charge >= 0.3 is 0 Å². The van der Waals surface area contributed by atoms with Crippen LogP contribution in [0.15, 0.2) is 42.7 Å². The van der Waals surface area contributed by atoms with Crippen LogP contribution in [-0.2, 0) is 0 Å². The number of rotatable bonds is 3. The fraction of sp³-hybridized carbons (Fsp3) is 0.188. The molecule has 3 aromatic rings. The Hall–Kier alpha value is -2.49. The van der Waals surface area contributed by atoms with Crippen LogP contribution in [0.2, 0.25) is 0 Å². The van der Waals surface area contributed by atoms with Crippen molar-refractivity contribution in [2.45, 2.75) is 13.8 Å². The van der Waals surface area contributed by atoms with E-state index in [-0.39, 0.29) is 0 Å². The predicted molar refractivity (Wildman–Crippen MR) is 80.9 cm³/mol. The minimum atomic E-state index is 0.673. The van der Waals surface area contributed by atoms with Crippen molar-refractivity contribution >= 4 is 11.3 Å². The third-order valence-electron chi connectivity index (χ3n) is 3.30. The second-order valence-electron chi connectivity index (χ2n) is 4.76. The third kappa shape index (κ3) is 2.20. The summed E-state index contributed by atoms with van der Waals surface area (Å²) in [5, 5.41) is 0. The maximum atomic E-state index is 5.92. The number of hydrogen-bond acceptors (Lipinski definition) is 3. The van der Waals surface area contributed by atoms with Crippen molar-refractivity contribution in [1.29, 1.82) is 0 Å². The Morgan fingerprint density at radius 2 is 1.95 bits per heavy atom. The maximum absolute atomic E-state index is 5.92. The van der Waals surface area contributed by atoms with Crippen molar-refractivity contribution in [2.75, 3.05) is 12.3 Å². The molecule has 3 rings (SSSR count). The van der Waals surface area contributed by atoms with E-state index < -0.39 is 0 Å². The van der Waals surface area contributed by atoms with E-state index in [0.29, 0.717) is 6.61 Å². The summed E-state index contributed by atoms with van der Waals surface area (Å²) in [6, 6.07) is 9.95. The first-order valence-corrected chi connectivity index (χ1v) is 6.65. The highest BCUT2D eigenvalue weighted by molar-refractivity contribution is 5.65. The fourth-order valence-electron chi connectivity index (χ4n) is 2.17. The van der Waals surface area contributed by atoms with E-state index in [1.807, 2.05) is 61.0 Å². The van der Waals surface area contributed by atoms with E-state index in [2.05, 4.69) is 4.98 Å². The number of ether oxygens (including phenoxy) is 1. The highest BCUT2D eigenvalue weighted by Gasteiger charge is 2.06. The molecule has 0 amide bonds. The Bertz CT molecular complexity index is 705. The van der Waals surface area contributed by atoms with E-state index >= 15 is 0 Å². The number of hydrogen-bond donors (Lipinski definition) is 1. The highest BCUT2D eigenvalue weighted by Crippen LogP contribution is 2.23. The van der Waals surface area contributed by atoms with Crippen LogP contribution < -0.4 is 10.5 Å². The lowest BCUT2D eigenvalue weighted by Gasteiger charge is -2.02. The summed E-state index contributed by atoms with van der Waals surface area (Å²) in [5.74, 6) is 0.875. The Morgan fingerprint density at radius 3 is 2.65 bits per heavy atom. The van der Waals surface area contributed by atoms with Gasteiger partial charge in [-0.05, 0) is 49.7 Å². The van der Waals surface area contributed by atoms with Crippen LogP contribution >= 0.6 is 0 Å². The first kappa shape index (κ1) is 12.5. The number of pyridine rings is 1. The fourth-order valence-corrected chi connectivity index (χ4v) is 2.17. The van der Waals surface area contributed by atoms with E-state index in [0.717, 1.165) is 33.9 Å². The molecule has 0 saturated heterocycles. The average molecular weight is 267 g/mol. The molecule has 2 N–H and O–H groups in total. The number of anilines is 1. The summed E-state index contributed by atoms with van der Waals surface area (Å²) < 4.78 is 7.40. The molecule has 0 fully saturated rings. The maximum Gasteiger partial charge on any atom is 0.137 e. The second-order valence-corrected chi connectivity index (χ2v) is 4.76. The van der Waals surface area contributed by atoms with Gasteiger partial charge in [0, 0.05) is 18.0 Å². The zero-order valence-electron chi connectivity index (χ0n) is 11.6. The minimum absolute atomic E-state index is 0.673. The van der Waals surface area contributed by atoms with Gasteiger partial charge < -0.3 is 14.9 Å². The smallest absolute Gasteiger partial charge is 0.137 e. The van der Waals surface area contributed by atoms with Gasteiger partial charge in [0.05, 0.1) is 18.0 Å². The molecule has 2 heterocycles. The molecule has 0 aliphatic rings. The molecular formula is C16H17N3O. The van der Waals surface area contributed by atoms with Gasteiger partial charge in [0.2, 0.25) is 0 Å². The molecule has 102 valence electrons. The molecule has 0 spiro atoms. The van der Waals surface area contributed by atoms with Crippen LogP contribution in [0, 0.1) is 6.92 Å². The Kier molecular flexibility index (Phi) is 3.06. The number of fused-ring (bicyclic) bond motifs is 1. The lowest BCUT2D eigenvalue weighted by Crippen LogP contribution is -1.93. The largest absolute Gasteiger partial charge is 0.494 e. The summed E-state index contributed by atoms with van der Waals surface area (Å²) >= 11 is 0. The van der Waals surface area contributed by atoms with Crippen molar-refractivity contribution < 1.29 is 4.74 Å². The number of aryl methyl sites for hydroxylation is 1. The van der Waals surface area contributed by atoms with Crippen molar-refractivity contribution in [1.82, 2.24) is 9.38 Å². The highest BCUT2D eigenvalue weighted by atomic mass is 16.5. The molecule has 4 nitrogen and oxygen atoms in total. The zero-order valence-corrected chi connectivity index (χ0v) is 11.6. The Morgan fingerprint density at radius 1 is 1.20 bits per heavy atom. The van der Waals surface area contributed by atoms with Gasteiger partial charge in [-0.1, -0.05) is 0 Å².